The fourth-order valence-electron chi connectivity index (χ4n) is 8.04. The van der Waals surface area contributed by atoms with Crippen LogP contribution in [0.25, 0.3) is 10.9 Å². The maximum atomic E-state index is 15.5. The van der Waals surface area contributed by atoms with E-state index in [0.29, 0.717) is 22.9 Å². The predicted molar refractivity (Wildman–Crippen MR) is 224 cm³/mol. The number of halogens is 3. The molecule has 2 N–H and O–H groups in total. The number of H-pyrrole nitrogens is 1. The molecule has 14 heteroatoms. The number of rotatable bonds is 24. The summed E-state index contributed by atoms with van der Waals surface area (Å²) in [4.78, 5) is 55.5. The molecular weight excluding hydrogens is 782 g/mol. The van der Waals surface area contributed by atoms with Crippen molar-refractivity contribution in [3.05, 3.63) is 98.9 Å². The SMILES string of the molecule is CCCCCCCCCCCCCCCCC(C=O)(c1c[nH]c2ccc(OC(=O)Oc3ccc([N+](=O)[O-])cc3)cc12)N1C[C@H](F)C[C@H]1C(=O)NCc1cccc(Cl)c1F. The van der Waals surface area contributed by atoms with E-state index < -0.39 is 40.6 Å². The van der Waals surface area contributed by atoms with Crippen LogP contribution in [0.1, 0.15) is 121 Å². The molecule has 1 aromatic heterocycles. The summed E-state index contributed by atoms with van der Waals surface area (Å²) in [6.07, 6.45) is 16.2. The monoisotopic (exact) mass is 836 g/mol. The first-order valence-corrected chi connectivity index (χ1v) is 21.3. The third-order valence-electron chi connectivity index (χ3n) is 11.2. The Balaban J connectivity index is 1.31. The molecule has 1 saturated heterocycles. The Morgan fingerprint density at radius 1 is 0.932 bits per heavy atom. The van der Waals surface area contributed by atoms with Gasteiger partial charge in [0.2, 0.25) is 5.91 Å². The van der Waals surface area contributed by atoms with Gasteiger partial charge in [-0.1, -0.05) is 121 Å². The molecule has 0 bridgehead atoms. The lowest BCUT2D eigenvalue weighted by molar-refractivity contribution is -0.384. The highest BCUT2D eigenvalue weighted by atomic mass is 35.5. The van der Waals surface area contributed by atoms with Crippen LogP contribution in [-0.2, 0) is 21.7 Å². The fraction of sp³-hybridized carbons (Fsp3) is 0.489. The highest BCUT2D eigenvalue weighted by molar-refractivity contribution is 6.30. The molecule has 4 aromatic rings. The van der Waals surface area contributed by atoms with E-state index in [4.69, 9.17) is 21.1 Å². The van der Waals surface area contributed by atoms with Crippen LogP contribution < -0.4 is 14.8 Å². The lowest BCUT2D eigenvalue weighted by Gasteiger charge is -2.40. The third-order valence-corrected chi connectivity index (χ3v) is 11.5. The van der Waals surface area contributed by atoms with E-state index in [1.807, 2.05) is 0 Å². The summed E-state index contributed by atoms with van der Waals surface area (Å²) in [7, 11) is 0. The number of unbranched alkanes of at least 4 members (excludes halogenated alkanes) is 13. The molecule has 1 unspecified atom stereocenters. The summed E-state index contributed by atoms with van der Waals surface area (Å²) in [6.45, 7) is 1.86. The number of nitrogens with zero attached hydrogens (tertiary/aromatic N) is 2. The lowest BCUT2D eigenvalue weighted by Crippen LogP contribution is -2.54. The number of fused-ring (bicyclic) bond motifs is 1. The number of hydrogen-bond acceptors (Lipinski definition) is 8. The summed E-state index contributed by atoms with van der Waals surface area (Å²) >= 11 is 5.96. The standard InChI is InChI=1S/C45H55ClF2N4O7/c1-2-3-4-5-6-7-8-9-10-11-12-13-14-15-25-45(31-53,51-30-33(47)26-41(51)43(54)50-28-32-17-16-18-39(46)42(32)48)38-29-49-40-24-23-36(27-37(38)40)59-44(55)58-35-21-19-34(20-22-35)52(56)57/h16-24,27,29,31,33,41,49H,2-15,25-26,28,30H2,1H3,(H,50,54)/t33-,41+,45?/m1/s1. The van der Waals surface area contributed by atoms with Crippen LogP contribution >= 0.6 is 11.6 Å². The molecule has 0 aliphatic carbocycles. The van der Waals surface area contributed by atoms with E-state index in [0.717, 1.165) is 32.0 Å². The van der Waals surface area contributed by atoms with Gasteiger partial charge in [0.05, 0.1) is 16.0 Å². The number of amides is 1. The van der Waals surface area contributed by atoms with Crippen molar-refractivity contribution in [2.45, 2.75) is 134 Å². The lowest BCUT2D eigenvalue weighted by atomic mass is 9.83. The summed E-state index contributed by atoms with van der Waals surface area (Å²) in [5, 5.41) is 14.2. The molecule has 0 saturated carbocycles. The Morgan fingerprint density at radius 2 is 1.54 bits per heavy atom. The van der Waals surface area contributed by atoms with Gasteiger partial charge >= 0.3 is 6.16 Å². The van der Waals surface area contributed by atoms with Crippen LogP contribution in [0.5, 0.6) is 11.5 Å². The minimum absolute atomic E-state index is 0.0365. The van der Waals surface area contributed by atoms with Crippen molar-refractivity contribution in [1.29, 1.82) is 0 Å². The van der Waals surface area contributed by atoms with Gasteiger partial charge in [0.15, 0.2) is 0 Å². The Hall–Kier alpha value is -4.88. The Labute approximate surface area is 349 Å². The molecule has 5 rings (SSSR count). The molecule has 1 aliphatic rings. The van der Waals surface area contributed by atoms with Crippen LogP contribution in [0, 0.1) is 15.9 Å². The molecular formula is C45H55ClF2N4O7. The van der Waals surface area contributed by atoms with E-state index >= 15 is 4.39 Å². The van der Waals surface area contributed by atoms with Crippen LogP contribution in [0.2, 0.25) is 5.02 Å². The summed E-state index contributed by atoms with van der Waals surface area (Å²) in [6, 6.07) is 13.1. The van der Waals surface area contributed by atoms with Gasteiger partial charge in [-0.25, -0.2) is 13.6 Å². The van der Waals surface area contributed by atoms with E-state index in [1.165, 1.54) is 100 Å². The first-order chi connectivity index (χ1) is 28.6. The second kappa shape index (κ2) is 22.5. The number of hydrogen-bond donors (Lipinski definition) is 2. The number of aromatic nitrogens is 1. The zero-order chi connectivity index (χ0) is 42.2. The van der Waals surface area contributed by atoms with Crippen LogP contribution in [0.15, 0.2) is 66.9 Å². The first kappa shape index (κ1) is 45.2. The van der Waals surface area contributed by atoms with Gasteiger partial charge in [-0.2, -0.15) is 0 Å². The minimum atomic E-state index is -1.46. The Bertz CT molecular complexity index is 2010. The number of alkyl halides is 1. The highest BCUT2D eigenvalue weighted by Gasteiger charge is 2.50. The van der Waals surface area contributed by atoms with Gasteiger partial charge in [-0.3, -0.25) is 19.8 Å². The third kappa shape index (κ3) is 12.3. The number of nitrogens with one attached hydrogen (secondary N) is 2. The molecule has 11 nitrogen and oxygen atoms in total. The molecule has 0 spiro atoms. The van der Waals surface area contributed by atoms with Crippen molar-refractivity contribution in [3.63, 3.8) is 0 Å². The van der Waals surface area contributed by atoms with Gasteiger partial charge in [0.1, 0.15) is 35.3 Å². The van der Waals surface area contributed by atoms with Crippen molar-refractivity contribution >= 4 is 46.5 Å². The quantitative estimate of drug-likeness (QED) is 0.0177. The number of benzene rings is 3. The largest absolute Gasteiger partial charge is 0.519 e. The predicted octanol–water partition coefficient (Wildman–Crippen LogP) is 11.4. The summed E-state index contributed by atoms with van der Waals surface area (Å²) < 4.78 is 40.9. The van der Waals surface area contributed by atoms with Crippen molar-refractivity contribution < 1.29 is 37.6 Å². The maximum absolute atomic E-state index is 15.5. The Morgan fingerprint density at radius 3 is 2.17 bits per heavy atom. The number of carbonyl (C=O) groups is 3. The Kier molecular flexibility index (Phi) is 17.2. The molecule has 1 amide bonds. The molecule has 3 aromatic carbocycles. The van der Waals surface area contributed by atoms with Crippen molar-refractivity contribution in [2.75, 3.05) is 6.54 Å². The van der Waals surface area contributed by atoms with E-state index in [9.17, 15) is 28.9 Å². The average Bonchev–Trinajstić information content (AvgIpc) is 3.84. The topological polar surface area (TPSA) is 144 Å². The van der Waals surface area contributed by atoms with Gasteiger partial charge in [0, 0.05) is 59.9 Å². The van der Waals surface area contributed by atoms with Gasteiger partial charge in [0.25, 0.3) is 5.69 Å². The smallest absolute Gasteiger partial charge is 0.395 e. The molecule has 1 aliphatic heterocycles. The number of nitro benzene ring substituents is 1. The average molecular weight is 837 g/mol. The number of likely N-dealkylation sites (tertiary alicyclic amines) is 1. The highest BCUT2D eigenvalue weighted by Crippen LogP contribution is 2.42. The molecule has 3 atom stereocenters. The molecule has 2 heterocycles. The van der Waals surface area contributed by atoms with Crippen LogP contribution in [0.4, 0.5) is 19.3 Å². The second-order valence-corrected chi connectivity index (χ2v) is 15.8. The summed E-state index contributed by atoms with van der Waals surface area (Å²) in [5.41, 5.74) is -0.365. The molecule has 0 radical (unpaired) electrons. The van der Waals surface area contributed by atoms with Crippen LogP contribution in [0.3, 0.4) is 0 Å². The zero-order valence-electron chi connectivity index (χ0n) is 33.7. The minimum Gasteiger partial charge on any atom is -0.395 e. The number of aromatic amines is 1. The summed E-state index contributed by atoms with van der Waals surface area (Å²) in [5.74, 6) is -1.08. The first-order valence-electron chi connectivity index (χ1n) is 20.9. The van der Waals surface area contributed by atoms with Crippen molar-refractivity contribution in [3.8, 4) is 11.5 Å². The molecule has 1 fully saturated rings. The number of aldehydes is 1. The van der Waals surface area contributed by atoms with Gasteiger partial charge in [-0.05, 0) is 42.8 Å². The number of ether oxygens (including phenoxy) is 2. The molecule has 318 valence electrons. The van der Waals surface area contributed by atoms with Gasteiger partial charge < -0.3 is 24.6 Å². The van der Waals surface area contributed by atoms with Crippen molar-refractivity contribution in [1.82, 2.24) is 15.2 Å². The van der Waals surface area contributed by atoms with E-state index in [-0.39, 0.29) is 53.7 Å². The van der Waals surface area contributed by atoms with E-state index in [2.05, 4.69) is 17.2 Å². The van der Waals surface area contributed by atoms with Crippen LogP contribution in [-0.4, -0.2) is 51.9 Å². The maximum Gasteiger partial charge on any atom is 0.519 e. The second-order valence-electron chi connectivity index (χ2n) is 15.4. The van der Waals surface area contributed by atoms with E-state index in [1.54, 1.807) is 29.3 Å². The van der Waals surface area contributed by atoms with Gasteiger partial charge in [-0.15, -0.1) is 0 Å². The number of non-ortho nitro benzene ring substituents is 1. The number of carbonyl (C=O) groups excluding carboxylic acids is 3. The number of nitro groups is 1. The van der Waals surface area contributed by atoms with Crippen molar-refractivity contribution in [2.24, 2.45) is 0 Å². The fourth-order valence-corrected chi connectivity index (χ4v) is 8.24. The zero-order valence-corrected chi connectivity index (χ0v) is 34.5. The molecule has 59 heavy (non-hydrogen) atoms. The normalized spacial score (nSPS) is 16.5.